The zero-order chi connectivity index (χ0) is 17.1. The summed E-state index contributed by atoms with van der Waals surface area (Å²) < 4.78 is 37.2. The van der Waals surface area contributed by atoms with Crippen LogP contribution in [0.15, 0.2) is 0 Å². The number of carbonyl (C=O) groups is 2. The van der Waals surface area contributed by atoms with Crippen LogP contribution < -0.4 is 0 Å². The monoisotopic (exact) mass is 321 g/mol. The molecule has 0 aromatic carbocycles. The van der Waals surface area contributed by atoms with E-state index in [1.807, 2.05) is 0 Å². The van der Waals surface area contributed by atoms with Crippen LogP contribution in [-0.2, 0) is 14.3 Å². The molecule has 22 heavy (non-hydrogen) atoms. The minimum Gasteiger partial charge on any atom is -0.467 e. The summed E-state index contributed by atoms with van der Waals surface area (Å²) in [5, 5.41) is 0. The van der Waals surface area contributed by atoms with Gasteiger partial charge >= 0.3 is 12.1 Å². The van der Waals surface area contributed by atoms with Gasteiger partial charge in [0.05, 0.1) is 7.11 Å². The Balaban J connectivity index is 3.00. The molecule has 0 saturated heterocycles. The molecule has 128 valence electrons. The second-order valence-electron chi connectivity index (χ2n) is 6.69. The maximum atomic E-state index is 13.7. The number of hydrogen-bond donors (Lipinski definition) is 0. The lowest BCUT2D eigenvalue weighted by atomic mass is 9.90. The minimum absolute atomic E-state index is 0.196. The highest BCUT2D eigenvalue weighted by Gasteiger charge is 2.44. The van der Waals surface area contributed by atoms with Gasteiger partial charge in [-0.15, -0.1) is 0 Å². The molecule has 1 amide bonds. The minimum atomic E-state index is -2.83. The SMILES string of the molecule is COC(=O)[C@H](C)N(C(=O)OC(C)(C)C)C1CCCC(F)(F)C1. The molecule has 2 atom stereocenters. The maximum Gasteiger partial charge on any atom is 0.411 e. The molecule has 1 aliphatic rings. The zero-order valence-electron chi connectivity index (χ0n) is 13.8. The van der Waals surface area contributed by atoms with Gasteiger partial charge in [-0.1, -0.05) is 0 Å². The highest BCUT2D eigenvalue weighted by atomic mass is 19.3. The lowest BCUT2D eigenvalue weighted by molar-refractivity contribution is -0.149. The predicted molar refractivity (Wildman–Crippen MR) is 76.8 cm³/mol. The average Bonchev–Trinajstić information content (AvgIpc) is 2.34. The number of amides is 1. The summed E-state index contributed by atoms with van der Waals surface area (Å²) in [5.41, 5.74) is -0.775. The van der Waals surface area contributed by atoms with Gasteiger partial charge in [-0.2, -0.15) is 0 Å². The summed E-state index contributed by atoms with van der Waals surface area (Å²) in [6.45, 7) is 6.51. The fourth-order valence-electron chi connectivity index (χ4n) is 2.60. The number of esters is 1. The van der Waals surface area contributed by atoms with Crippen LogP contribution in [0.3, 0.4) is 0 Å². The molecule has 0 bridgehead atoms. The fourth-order valence-corrected chi connectivity index (χ4v) is 2.60. The van der Waals surface area contributed by atoms with Crippen LogP contribution >= 0.6 is 0 Å². The van der Waals surface area contributed by atoms with E-state index in [2.05, 4.69) is 4.74 Å². The van der Waals surface area contributed by atoms with Crippen LogP contribution in [0.1, 0.15) is 53.4 Å². The van der Waals surface area contributed by atoms with E-state index in [-0.39, 0.29) is 6.42 Å². The van der Waals surface area contributed by atoms with Crippen LogP contribution in [0.2, 0.25) is 0 Å². The van der Waals surface area contributed by atoms with Gasteiger partial charge in [0, 0.05) is 18.9 Å². The van der Waals surface area contributed by atoms with Crippen molar-refractivity contribution < 1.29 is 27.8 Å². The standard InChI is InChI=1S/C15H25F2NO4/c1-10(12(19)21-5)18(13(20)22-14(2,3)4)11-7-6-8-15(16,17)9-11/h10-11H,6-9H2,1-5H3/t10-,11?/m0/s1. The summed E-state index contributed by atoms with van der Waals surface area (Å²) in [5.74, 6) is -3.49. The van der Waals surface area contributed by atoms with E-state index in [9.17, 15) is 18.4 Å². The molecule has 1 aliphatic carbocycles. The van der Waals surface area contributed by atoms with Gasteiger partial charge in [-0.05, 0) is 40.5 Å². The van der Waals surface area contributed by atoms with Crippen molar-refractivity contribution in [3.8, 4) is 0 Å². The van der Waals surface area contributed by atoms with E-state index in [1.165, 1.54) is 14.0 Å². The first-order valence-electron chi connectivity index (χ1n) is 7.44. The summed E-state index contributed by atoms with van der Waals surface area (Å²) in [4.78, 5) is 25.3. The molecule has 0 heterocycles. The quantitative estimate of drug-likeness (QED) is 0.748. The van der Waals surface area contributed by atoms with Crippen molar-refractivity contribution in [1.29, 1.82) is 0 Å². The first-order valence-corrected chi connectivity index (χ1v) is 7.44. The number of ether oxygens (including phenoxy) is 2. The molecule has 5 nitrogen and oxygen atoms in total. The topological polar surface area (TPSA) is 55.8 Å². The number of methoxy groups -OCH3 is 1. The van der Waals surface area contributed by atoms with Crippen molar-refractivity contribution in [2.75, 3.05) is 7.11 Å². The van der Waals surface area contributed by atoms with E-state index >= 15 is 0 Å². The largest absolute Gasteiger partial charge is 0.467 e. The number of nitrogens with zero attached hydrogens (tertiary/aromatic N) is 1. The van der Waals surface area contributed by atoms with Crippen molar-refractivity contribution in [2.45, 2.75) is 77.0 Å². The molecule has 1 unspecified atom stereocenters. The lowest BCUT2D eigenvalue weighted by Gasteiger charge is -2.40. The number of carbonyl (C=O) groups excluding carboxylic acids is 2. The van der Waals surface area contributed by atoms with Crippen LogP contribution in [0.4, 0.5) is 13.6 Å². The highest BCUT2D eigenvalue weighted by molar-refractivity contribution is 5.81. The molecule has 1 rings (SSSR count). The molecule has 1 fully saturated rings. The first kappa shape index (κ1) is 18.6. The Labute approximate surface area is 129 Å². The van der Waals surface area contributed by atoms with Crippen molar-refractivity contribution in [1.82, 2.24) is 4.90 Å². The molecule has 0 aromatic heterocycles. The Morgan fingerprint density at radius 2 is 1.91 bits per heavy atom. The van der Waals surface area contributed by atoms with Crippen molar-refractivity contribution in [3.05, 3.63) is 0 Å². The highest BCUT2D eigenvalue weighted by Crippen LogP contribution is 2.36. The maximum absolute atomic E-state index is 13.7. The molecule has 0 spiro atoms. The predicted octanol–water partition coefficient (Wildman–Crippen LogP) is 3.36. The van der Waals surface area contributed by atoms with Crippen LogP contribution in [0.25, 0.3) is 0 Å². The molecule has 0 aliphatic heterocycles. The second kappa shape index (κ2) is 6.79. The van der Waals surface area contributed by atoms with E-state index in [0.29, 0.717) is 12.8 Å². The Hall–Kier alpha value is -1.40. The van der Waals surface area contributed by atoms with Gasteiger partial charge in [0.25, 0.3) is 0 Å². The van der Waals surface area contributed by atoms with Gasteiger partial charge < -0.3 is 9.47 Å². The van der Waals surface area contributed by atoms with Crippen molar-refractivity contribution in [3.63, 3.8) is 0 Å². The number of hydrogen-bond acceptors (Lipinski definition) is 4. The van der Waals surface area contributed by atoms with Crippen LogP contribution in [0.5, 0.6) is 0 Å². The Bertz CT molecular complexity index is 420. The van der Waals surface area contributed by atoms with E-state index < -0.39 is 42.1 Å². The van der Waals surface area contributed by atoms with E-state index in [0.717, 1.165) is 4.90 Å². The number of rotatable bonds is 3. The molecule has 1 saturated carbocycles. The average molecular weight is 321 g/mol. The van der Waals surface area contributed by atoms with Gasteiger partial charge in [0.1, 0.15) is 11.6 Å². The second-order valence-corrected chi connectivity index (χ2v) is 6.69. The third-order valence-corrected chi connectivity index (χ3v) is 3.57. The van der Waals surface area contributed by atoms with Crippen molar-refractivity contribution >= 4 is 12.1 Å². The van der Waals surface area contributed by atoms with Crippen molar-refractivity contribution in [2.24, 2.45) is 0 Å². The van der Waals surface area contributed by atoms with Gasteiger partial charge in [0.15, 0.2) is 0 Å². The first-order chi connectivity index (χ1) is 9.97. The van der Waals surface area contributed by atoms with E-state index in [4.69, 9.17) is 4.74 Å². The Morgan fingerprint density at radius 3 is 2.36 bits per heavy atom. The lowest BCUT2D eigenvalue weighted by Crippen LogP contribution is -2.53. The third kappa shape index (κ3) is 5.10. The summed E-state index contributed by atoms with van der Waals surface area (Å²) in [6.07, 6.45) is -0.722. The Kier molecular flexibility index (Phi) is 5.76. The third-order valence-electron chi connectivity index (χ3n) is 3.57. The molecular weight excluding hydrogens is 296 g/mol. The molecule has 7 heteroatoms. The van der Waals surface area contributed by atoms with Crippen LogP contribution in [-0.4, -0.2) is 47.7 Å². The number of alkyl halides is 2. The zero-order valence-corrected chi connectivity index (χ0v) is 13.8. The molecule has 0 N–H and O–H groups in total. The summed E-state index contributed by atoms with van der Waals surface area (Å²) >= 11 is 0. The fraction of sp³-hybridized carbons (Fsp3) is 0.867. The van der Waals surface area contributed by atoms with E-state index in [1.54, 1.807) is 20.8 Å². The van der Waals surface area contributed by atoms with Crippen LogP contribution in [0, 0.1) is 0 Å². The molecule has 0 aromatic rings. The smallest absolute Gasteiger partial charge is 0.411 e. The van der Waals surface area contributed by atoms with Gasteiger partial charge in [0.2, 0.25) is 5.92 Å². The van der Waals surface area contributed by atoms with Gasteiger partial charge in [-0.25, -0.2) is 18.4 Å². The van der Waals surface area contributed by atoms with Gasteiger partial charge in [-0.3, -0.25) is 4.90 Å². The summed E-state index contributed by atoms with van der Waals surface area (Å²) in [7, 11) is 1.20. The molecule has 0 radical (unpaired) electrons. The molecular formula is C15H25F2NO4. The number of halogens is 2. The Morgan fingerprint density at radius 1 is 1.32 bits per heavy atom. The summed E-state index contributed by atoms with van der Waals surface area (Å²) in [6, 6.07) is -1.72. The normalized spacial score (nSPS) is 22.6.